The maximum atomic E-state index is 12.5. The number of aryl methyl sites for hydroxylation is 2. The monoisotopic (exact) mass is 755 g/mol. The first-order valence-electron chi connectivity index (χ1n) is 12.3. The number of amides is 1. The van der Waals surface area contributed by atoms with Crippen LogP contribution in [0.5, 0.6) is 0 Å². The Morgan fingerprint density at radius 2 is 1.84 bits per heavy atom. The molecule has 8 nitrogen and oxygen atoms in total. The molecule has 0 saturated carbocycles. The van der Waals surface area contributed by atoms with Crippen molar-refractivity contribution >= 4 is 17.2 Å². The van der Waals surface area contributed by atoms with Crippen molar-refractivity contribution in [3.8, 4) is 10.4 Å². The molecule has 3 heterocycles. The van der Waals surface area contributed by atoms with E-state index in [-0.39, 0.29) is 55.5 Å². The van der Waals surface area contributed by atoms with Crippen molar-refractivity contribution in [3.05, 3.63) is 64.3 Å². The SMILES string of the molecule is CC.C[NH-].Cc1cc(C(C(=O)N2CCC(O)C2)C(C)C)on1.Cc1ncsc1-c1ccc(CO)cc1.[U]. The molecule has 4 rings (SSSR count). The Kier molecular flexibility index (Phi) is 17.9. The van der Waals surface area contributed by atoms with Crippen LogP contribution in [0.1, 0.15) is 62.7 Å². The van der Waals surface area contributed by atoms with E-state index in [1.54, 1.807) is 16.2 Å². The maximum absolute atomic E-state index is 12.5. The molecular weight excluding hydrogens is 714 g/mol. The molecule has 0 radical (unpaired) electrons. The quantitative estimate of drug-likeness (QED) is 0.349. The van der Waals surface area contributed by atoms with Gasteiger partial charge in [-0.05, 0) is 37.3 Å². The van der Waals surface area contributed by atoms with Gasteiger partial charge < -0.3 is 25.4 Å². The molecule has 37 heavy (non-hydrogen) atoms. The first-order valence-corrected chi connectivity index (χ1v) is 13.2. The zero-order valence-electron chi connectivity index (χ0n) is 23.0. The predicted octanol–water partition coefficient (Wildman–Crippen LogP) is 5.62. The number of nitrogens with zero attached hydrogens (tertiary/aromatic N) is 3. The summed E-state index contributed by atoms with van der Waals surface area (Å²) in [5.41, 5.74) is 11.6. The van der Waals surface area contributed by atoms with Gasteiger partial charge in [0, 0.05) is 50.3 Å². The van der Waals surface area contributed by atoms with Gasteiger partial charge in [0.25, 0.3) is 0 Å². The van der Waals surface area contributed by atoms with Gasteiger partial charge in [0.05, 0.1) is 34.5 Å². The second kappa shape index (κ2) is 18.7. The van der Waals surface area contributed by atoms with Gasteiger partial charge in [-0.3, -0.25) is 4.79 Å². The molecule has 204 valence electrons. The number of nitrogens with one attached hydrogen (secondary N) is 1. The van der Waals surface area contributed by atoms with Crippen LogP contribution in [0.2, 0.25) is 0 Å². The third kappa shape index (κ3) is 10.6. The predicted molar refractivity (Wildman–Crippen MR) is 146 cm³/mol. The summed E-state index contributed by atoms with van der Waals surface area (Å²) in [4.78, 5) is 19.6. The molecule has 0 aliphatic carbocycles. The molecule has 2 atom stereocenters. The largest absolute Gasteiger partial charge is 0.680 e. The third-order valence-corrected chi connectivity index (χ3v) is 6.48. The second-order valence-electron chi connectivity index (χ2n) is 8.44. The summed E-state index contributed by atoms with van der Waals surface area (Å²) in [6.45, 7) is 13.0. The maximum Gasteiger partial charge on any atom is 0.233 e. The number of thiazole rings is 1. The fourth-order valence-corrected chi connectivity index (χ4v) is 4.56. The van der Waals surface area contributed by atoms with E-state index in [9.17, 15) is 9.90 Å². The average molecular weight is 756 g/mol. The fourth-order valence-electron chi connectivity index (χ4n) is 3.74. The van der Waals surface area contributed by atoms with Gasteiger partial charge in [0.1, 0.15) is 11.7 Å². The standard InChI is InChI=1S/C13H20N2O3.C11H11NOS.C2H6.CH4N.U/c1-8(2)12(11-6-9(3)14-18-11)13(17)15-5-4-10(16)7-15;1-8-11(14-7-12-8)10-4-2-9(6-13)3-5-10;2*1-2;/h6,8,10,12,16H,4-5,7H2,1-3H3;2-5,7,13H,6H2,1H3;1-2H3;2H,1H3;/q;;;-1;. The molecular formula is C27H41N4O4SU-. The van der Waals surface area contributed by atoms with Crippen molar-refractivity contribution < 1.29 is 50.6 Å². The number of hydrogen-bond donors (Lipinski definition) is 2. The summed E-state index contributed by atoms with van der Waals surface area (Å²) in [6.07, 6.45) is 0.268. The van der Waals surface area contributed by atoms with Gasteiger partial charge in [-0.2, -0.15) is 7.05 Å². The van der Waals surface area contributed by atoms with Crippen LogP contribution in [-0.4, -0.2) is 57.4 Å². The minimum atomic E-state index is -0.391. The summed E-state index contributed by atoms with van der Waals surface area (Å²) >= 11 is 1.64. The molecule has 1 fully saturated rings. The minimum Gasteiger partial charge on any atom is -0.680 e. The Hall–Kier alpha value is -1.54. The van der Waals surface area contributed by atoms with Gasteiger partial charge >= 0.3 is 0 Å². The third-order valence-electron chi connectivity index (χ3n) is 5.50. The Morgan fingerprint density at radius 3 is 2.24 bits per heavy atom. The van der Waals surface area contributed by atoms with Gasteiger partial charge in [0.15, 0.2) is 0 Å². The number of carbonyl (C=O) groups excluding carboxylic acids is 1. The summed E-state index contributed by atoms with van der Waals surface area (Å²) in [5.74, 6) is 0.477. The van der Waals surface area contributed by atoms with Gasteiger partial charge in [0.2, 0.25) is 5.91 Å². The zero-order valence-corrected chi connectivity index (χ0v) is 28.0. The average Bonchev–Trinajstić information content (AvgIpc) is 3.63. The van der Waals surface area contributed by atoms with E-state index in [2.05, 4.69) is 10.1 Å². The van der Waals surface area contributed by atoms with Crippen molar-refractivity contribution in [1.29, 1.82) is 0 Å². The Bertz CT molecular complexity index is 1020. The van der Waals surface area contributed by atoms with Gasteiger partial charge in [-0.15, -0.1) is 11.3 Å². The van der Waals surface area contributed by atoms with Crippen LogP contribution >= 0.6 is 11.3 Å². The van der Waals surface area contributed by atoms with Crippen molar-refractivity contribution in [2.75, 3.05) is 20.1 Å². The number of β-amino-alcohol motifs (C(OH)–C–C–N with tert-alkyl or cyclic N) is 1. The van der Waals surface area contributed by atoms with E-state index < -0.39 is 6.10 Å². The molecule has 1 aromatic carbocycles. The van der Waals surface area contributed by atoms with Gasteiger partial charge in [-0.1, -0.05) is 57.1 Å². The van der Waals surface area contributed by atoms with Crippen LogP contribution in [-0.2, 0) is 11.4 Å². The second-order valence-corrected chi connectivity index (χ2v) is 9.30. The van der Waals surface area contributed by atoms with E-state index in [4.69, 9.17) is 15.4 Å². The van der Waals surface area contributed by atoms with E-state index in [0.29, 0.717) is 25.3 Å². The minimum absolute atomic E-state index is 0. The Balaban J connectivity index is 0.000000615. The molecule has 3 aromatic rings. The number of rotatable bonds is 5. The number of carbonyl (C=O) groups is 1. The molecule has 0 spiro atoms. The summed E-state index contributed by atoms with van der Waals surface area (Å²) in [6, 6.07) is 9.73. The molecule has 2 unspecified atom stereocenters. The van der Waals surface area contributed by atoms with E-state index >= 15 is 0 Å². The Labute approximate surface area is 249 Å². The summed E-state index contributed by atoms with van der Waals surface area (Å²) in [7, 11) is 1.25. The fraction of sp³-hybridized carbons (Fsp3) is 0.519. The molecule has 1 aliphatic heterocycles. The molecule has 1 saturated heterocycles. The van der Waals surface area contributed by atoms with Crippen molar-refractivity contribution in [3.63, 3.8) is 0 Å². The molecule has 0 bridgehead atoms. The van der Waals surface area contributed by atoms with Crippen molar-refractivity contribution in [2.24, 2.45) is 5.92 Å². The number of benzene rings is 1. The van der Waals surface area contributed by atoms with E-state index in [0.717, 1.165) is 17.0 Å². The number of aliphatic hydroxyl groups is 2. The van der Waals surface area contributed by atoms with Crippen LogP contribution in [0.4, 0.5) is 0 Å². The van der Waals surface area contributed by atoms with Crippen LogP contribution in [0.25, 0.3) is 16.2 Å². The number of likely N-dealkylation sites (tertiary alicyclic amines) is 1. The van der Waals surface area contributed by atoms with Crippen LogP contribution in [0.15, 0.2) is 40.4 Å². The number of aliphatic hydroxyl groups excluding tert-OH is 2. The van der Waals surface area contributed by atoms with Crippen LogP contribution in [0, 0.1) is 50.9 Å². The smallest absolute Gasteiger partial charge is 0.233 e. The number of hydrogen-bond acceptors (Lipinski definition) is 7. The molecule has 1 aliphatic rings. The van der Waals surface area contributed by atoms with E-state index in [1.165, 1.54) is 17.5 Å². The van der Waals surface area contributed by atoms with Crippen molar-refractivity contribution in [1.82, 2.24) is 15.0 Å². The molecule has 3 N–H and O–H groups in total. The normalized spacial score (nSPS) is 14.8. The molecule has 2 aromatic heterocycles. The number of aromatic nitrogens is 2. The Morgan fingerprint density at radius 1 is 1.22 bits per heavy atom. The molecule has 10 heteroatoms. The summed E-state index contributed by atoms with van der Waals surface area (Å²) < 4.78 is 5.24. The van der Waals surface area contributed by atoms with Crippen LogP contribution < -0.4 is 0 Å². The van der Waals surface area contributed by atoms with Crippen LogP contribution in [0.3, 0.4) is 0 Å². The molecule has 1 amide bonds. The summed E-state index contributed by atoms with van der Waals surface area (Å²) in [5, 5.41) is 22.3. The van der Waals surface area contributed by atoms with Gasteiger partial charge in [-0.25, -0.2) is 4.98 Å². The van der Waals surface area contributed by atoms with E-state index in [1.807, 2.05) is 77.4 Å². The first-order chi connectivity index (χ1) is 17.3. The zero-order chi connectivity index (χ0) is 27.3. The topological polar surface area (TPSA) is 123 Å². The first kappa shape index (κ1) is 35.5. The van der Waals surface area contributed by atoms with Crippen molar-refractivity contribution in [2.45, 2.75) is 66.6 Å².